The van der Waals surface area contributed by atoms with Gasteiger partial charge in [0, 0.05) is 6.42 Å². The summed E-state index contributed by atoms with van der Waals surface area (Å²) in [7, 11) is 0. The average molecular weight is 326 g/mol. The number of carbonyl (C=O) groups excluding carboxylic acids is 2. The predicted molar refractivity (Wildman–Crippen MR) is 85.8 cm³/mol. The van der Waals surface area contributed by atoms with Crippen LogP contribution in [0.25, 0.3) is 10.9 Å². The molecule has 7 heteroatoms. The minimum Gasteiger partial charge on any atom is -0.274 e. The fourth-order valence-electron chi connectivity index (χ4n) is 3.87. The number of imide groups is 1. The minimum atomic E-state index is -0.552. The molecule has 124 valence electrons. The number of benzene rings is 1. The monoisotopic (exact) mass is 326 g/mol. The van der Waals surface area contributed by atoms with Gasteiger partial charge >= 0.3 is 0 Å². The molecule has 2 fully saturated rings. The van der Waals surface area contributed by atoms with E-state index in [1.807, 2.05) is 0 Å². The first-order valence-corrected chi connectivity index (χ1v) is 8.28. The van der Waals surface area contributed by atoms with Crippen LogP contribution in [0.5, 0.6) is 0 Å². The molecule has 1 aromatic carbocycles. The Labute approximate surface area is 138 Å². The van der Waals surface area contributed by atoms with Gasteiger partial charge in [-0.3, -0.25) is 19.3 Å². The van der Waals surface area contributed by atoms with Gasteiger partial charge < -0.3 is 0 Å². The van der Waals surface area contributed by atoms with Crippen LogP contribution in [0.4, 0.5) is 0 Å². The highest BCUT2D eigenvalue weighted by Gasteiger charge is 2.51. The maximum absolute atomic E-state index is 12.8. The second kappa shape index (κ2) is 5.51. The first-order chi connectivity index (χ1) is 11.6. The molecule has 0 N–H and O–H groups in total. The van der Waals surface area contributed by atoms with Crippen LogP contribution in [-0.4, -0.2) is 31.7 Å². The summed E-state index contributed by atoms with van der Waals surface area (Å²) < 4.78 is 1.10. The SMILES string of the molecule is O=C1CC2(CCCCC2)C(=O)N1Cn1nnc2ccccc2c1=O. The van der Waals surface area contributed by atoms with Crippen molar-refractivity contribution in [1.29, 1.82) is 0 Å². The van der Waals surface area contributed by atoms with Crippen molar-refractivity contribution >= 4 is 22.7 Å². The number of amides is 2. The molecule has 2 heterocycles. The van der Waals surface area contributed by atoms with Crippen LogP contribution in [0.2, 0.25) is 0 Å². The van der Waals surface area contributed by atoms with Crippen LogP contribution in [-0.2, 0) is 16.3 Å². The van der Waals surface area contributed by atoms with Crippen LogP contribution < -0.4 is 5.56 Å². The molecule has 0 atom stereocenters. The van der Waals surface area contributed by atoms with Crippen LogP contribution in [0.3, 0.4) is 0 Å². The fourth-order valence-corrected chi connectivity index (χ4v) is 3.87. The Balaban J connectivity index is 1.66. The summed E-state index contributed by atoms with van der Waals surface area (Å²) in [6.07, 6.45) is 4.82. The van der Waals surface area contributed by atoms with Crippen molar-refractivity contribution in [3.05, 3.63) is 34.6 Å². The number of likely N-dealkylation sites (tertiary alicyclic amines) is 1. The first kappa shape index (κ1) is 15.0. The average Bonchev–Trinajstić information content (AvgIpc) is 2.82. The van der Waals surface area contributed by atoms with Crippen LogP contribution in [0.1, 0.15) is 38.5 Å². The number of fused-ring (bicyclic) bond motifs is 1. The smallest absolute Gasteiger partial charge is 0.274 e. The Morgan fingerprint density at radius 3 is 2.58 bits per heavy atom. The quantitative estimate of drug-likeness (QED) is 0.780. The van der Waals surface area contributed by atoms with Gasteiger partial charge in [-0.1, -0.05) is 36.6 Å². The molecule has 0 unspecified atom stereocenters. The summed E-state index contributed by atoms with van der Waals surface area (Å²) in [6.45, 7) is -0.157. The largest absolute Gasteiger partial charge is 0.279 e. The topological polar surface area (TPSA) is 85.2 Å². The highest BCUT2D eigenvalue weighted by atomic mass is 16.2. The van der Waals surface area contributed by atoms with Gasteiger partial charge in [-0.2, -0.15) is 4.68 Å². The van der Waals surface area contributed by atoms with Gasteiger partial charge in [-0.15, -0.1) is 5.10 Å². The Morgan fingerprint density at radius 2 is 1.79 bits per heavy atom. The van der Waals surface area contributed by atoms with E-state index >= 15 is 0 Å². The first-order valence-electron chi connectivity index (χ1n) is 8.28. The van der Waals surface area contributed by atoms with Crippen molar-refractivity contribution in [3.63, 3.8) is 0 Å². The molecule has 7 nitrogen and oxygen atoms in total. The number of nitrogens with zero attached hydrogens (tertiary/aromatic N) is 4. The predicted octanol–water partition coefficient (Wildman–Crippen LogP) is 1.46. The highest BCUT2D eigenvalue weighted by Crippen LogP contribution is 2.45. The van der Waals surface area contributed by atoms with Crippen molar-refractivity contribution in [2.24, 2.45) is 5.41 Å². The van der Waals surface area contributed by atoms with Crippen LogP contribution in [0.15, 0.2) is 29.1 Å². The van der Waals surface area contributed by atoms with Gasteiger partial charge in [0.25, 0.3) is 5.56 Å². The van der Waals surface area contributed by atoms with Gasteiger partial charge in [-0.25, -0.2) is 0 Å². The molecule has 24 heavy (non-hydrogen) atoms. The lowest BCUT2D eigenvalue weighted by Gasteiger charge is -2.30. The number of hydrogen-bond acceptors (Lipinski definition) is 5. The van der Waals surface area contributed by atoms with Gasteiger partial charge in [0.2, 0.25) is 11.8 Å². The molecule has 1 saturated heterocycles. The van der Waals surface area contributed by atoms with Gasteiger partial charge in [0.05, 0.1) is 10.8 Å². The molecule has 4 rings (SSSR count). The third-order valence-electron chi connectivity index (χ3n) is 5.20. The molecule has 0 radical (unpaired) electrons. The molecule has 0 bridgehead atoms. The molecule has 1 aliphatic heterocycles. The van der Waals surface area contributed by atoms with E-state index in [2.05, 4.69) is 10.3 Å². The summed E-state index contributed by atoms with van der Waals surface area (Å²) in [5.41, 5.74) is -0.393. The van der Waals surface area contributed by atoms with E-state index in [1.54, 1.807) is 24.3 Å². The van der Waals surface area contributed by atoms with E-state index in [-0.39, 0.29) is 30.5 Å². The van der Waals surface area contributed by atoms with E-state index in [4.69, 9.17) is 0 Å². The van der Waals surface area contributed by atoms with Crippen molar-refractivity contribution in [2.45, 2.75) is 45.2 Å². The van der Waals surface area contributed by atoms with E-state index in [0.717, 1.165) is 36.8 Å². The summed E-state index contributed by atoms with van der Waals surface area (Å²) >= 11 is 0. The molecule has 2 amide bonds. The molecular formula is C17H18N4O3. The standard InChI is InChI=1S/C17H18N4O3/c22-14-10-17(8-4-1-5-9-17)16(24)20(14)11-21-15(23)12-6-2-3-7-13(12)18-19-21/h2-3,6-7H,1,4-5,8-11H2. The molecule has 1 aromatic heterocycles. The normalized spacial score (nSPS) is 20.2. The maximum atomic E-state index is 12.8. The lowest BCUT2D eigenvalue weighted by atomic mass is 9.73. The molecule has 2 aliphatic rings. The van der Waals surface area contributed by atoms with Crippen molar-refractivity contribution in [2.75, 3.05) is 0 Å². The third kappa shape index (κ3) is 2.23. The summed E-state index contributed by atoms with van der Waals surface area (Å²) in [4.78, 5) is 38.9. The van der Waals surface area contributed by atoms with Crippen molar-refractivity contribution in [1.82, 2.24) is 19.9 Å². The van der Waals surface area contributed by atoms with Crippen molar-refractivity contribution < 1.29 is 9.59 Å². The Bertz CT molecular complexity index is 883. The Kier molecular flexibility index (Phi) is 3.44. The minimum absolute atomic E-state index is 0.157. The van der Waals surface area contributed by atoms with E-state index in [1.165, 1.54) is 4.90 Å². The molecule has 1 aliphatic carbocycles. The lowest BCUT2D eigenvalue weighted by Crippen LogP contribution is -2.41. The number of hydrogen-bond donors (Lipinski definition) is 0. The summed E-state index contributed by atoms with van der Waals surface area (Å²) in [6, 6.07) is 6.90. The number of aromatic nitrogens is 3. The second-order valence-electron chi connectivity index (χ2n) is 6.70. The van der Waals surface area contributed by atoms with E-state index < -0.39 is 5.41 Å². The lowest BCUT2D eigenvalue weighted by molar-refractivity contribution is -0.144. The maximum Gasteiger partial charge on any atom is 0.279 e. The van der Waals surface area contributed by atoms with Gasteiger partial charge in [0.15, 0.2) is 0 Å². The number of carbonyl (C=O) groups is 2. The summed E-state index contributed by atoms with van der Waals surface area (Å²) in [5.74, 6) is -0.377. The van der Waals surface area contributed by atoms with Gasteiger partial charge in [-0.05, 0) is 25.0 Å². The summed E-state index contributed by atoms with van der Waals surface area (Å²) in [5, 5.41) is 8.31. The van der Waals surface area contributed by atoms with Gasteiger partial charge in [0.1, 0.15) is 12.2 Å². The molecule has 1 spiro atoms. The van der Waals surface area contributed by atoms with E-state index in [9.17, 15) is 14.4 Å². The highest BCUT2D eigenvalue weighted by molar-refractivity contribution is 6.05. The molecule has 2 aromatic rings. The van der Waals surface area contributed by atoms with Crippen LogP contribution >= 0.6 is 0 Å². The zero-order valence-electron chi connectivity index (χ0n) is 13.3. The molecular weight excluding hydrogens is 308 g/mol. The second-order valence-corrected chi connectivity index (χ2v) is 6.70. The molecule has 1 saturated carbocycles. The van der Waals surface area contributed by atoms with Crippen molar-refractivity contribution in [3.8, 4) is 0 Å². The van der Waals surface area contributed by atoms with Crippen LogP contribution in [0, 0.1) is 5.41 Å². The fraction of sp³-hybridized carbons (Fsp3) is 0.471. The Hall–Kier alpha value is -2.57. The van der Waals surface area contributed by atoms with E-state index in [0.29, 0.717) is 10.9 Å². The Morgan fingerprint density at radius 1 is 1.04 bits per heavy atom. The zero-order valence-corrected chi connectivity index (χ0v) is 13.3. The number of rotatable bonds is 2. The third-order valence-corrected chi connectivity index (χ3v) is 5.20. The zero-order chi connectivity index (χ0) is 16.7.